The van der Waals surface area contributed by atoms with Gasteiger partial charge in [0.05, 0.1) is 10.7 Å². The highest BCUT2D eigenvalue weighted by atomic mass is 79.9. The molecule has 0 spiro atoms. The van der Waals surface area contributed by atoms with Gasteiger partial charge >= 0.3 is 0 Å². The third-order valence-corrected chi connectivity index (χ3v) is 3.90. The summed E-state index contributed by atoms with van der Waals surface area (Å²) in [6, 6.07) is 1.84. The lowest BCUT2D eigenvalue weighted by atomic mass is 9.90. The molecule has 1 aromatic heterocycles. The Morgan fingerprint density at radius 1 is 1.71 bits per heavy atom. The maximum atomic E-state index is 10.5. The highest BCUT2D eigenvalue weighted by Gasteiger charge is 2.51. The van der Waals surface area contributed by atoms with Crippen molar-refractivity contribution in [1.29, 1.82) is 0 Å². The van der Waals surface area contributed by atoms with Gasteiger partial charge in [-0.2, -0.15) is 0 Å². The van der Waals surface area contributed by atoms with Crippen molar-refractivity contribution in [2.45, 2.75) is 32.3 Å². The minimum atomic E-state index is -0.776. The lowest BCUT2D eigenvalue weighted by molar-refractivity contribution is -0.0166. The smallest absolute Gasteiger partial charge is 0.149 e. The Balaban J connectivity index is 2.33. The van der Waals surface area contributed by atoms with Gasteiger partial charge in [-0.25, -0.2) is 0 Å². The van der Waals surface area contributed by atoms with Crippen molar-refractivity contribution < 1.29 is 9.52 Å². The fourth-order valence-electron chi connectivity index (χ4n) is 2.18. The molecule has 2 nitrogen and oxygen atoms in total. The molecule has 1 heterocycles. The molecule has 1 aliphatic carbocycles. The first-order valence-corrected chi connectivity index (χ1v) is 5.84. The van der Waals surface area contributed by atoms with Crippen LogP contribution in [0, 0.1) is 11.8 Å². The van der Waals surface area contributed by atoms with E-state index in [9.17, 15) is 5.11 Å². The zero-order chi connectivity index (χ0) is 10.3. The van der Waals surface area contributed by atoms with Crippen LogP contribution < -0.4 is 0 Å². The summed E-state index contributed by atoms with van der Waals surface area (Å²) in [5, 5.41) is 10.5. The van der Waals surface area contributed by atoms with Gasteiger partial charge in [0, 0.05) is 0 Å². The van der Waals surface area contributed by atoms with Crippen molar-refractivity contribution in [3.8, 4) is 0 Å². The average Bonchev–Trinajstić information content (AvgIpc) is 2.74. The van der Waals surface area contributed by atoms with Gasteiger partial charge < -0.3 is 9.52 Å². The molecule has 3 heteroatoms. The van der Waals surface area contributed by atoms with Gasteiger partial charge in [0.1, 0.15) is 11.4 Å². The van der Waals surface area contributed by atoms with E-state index < -0.39 is 5.60 Å². The van der Waals surface area contributed by atoms with Crippen LogP contribution >= 0.6 is 15.9 Å². The van der Waals surface area contributed by atoms with Crippen molar-refractivity contribution in [1.82, 2.24) is 0 Å². The number of aliphatic hydroxyl groups is 1. The largest absolute Gasteiger partial charge is 0.465 e. The topological polar surface area (TPSA) is 33.4 Å². The summed E-state index contributed by atoms with van der Waals surface area (Å²) in [7, 11) is 0. The summed E-state index contributed by atoms with van der Waals surface area (Å²) in [6.07, 6.45) is 3.42. The van der Waals surface area contributed by atoms with E-state index in [1.165, 1.54) is 0 Å². The second-order valence-corrected chi connectivity index (χ2v) is 5.05. The second-order valence-electron chi connectivity index (χ2n) is 4.19. The normalized spacial score (nSPS) is 30.0. The molecule has 1 fully saturated rings. The fraction of sp³-hybridized carbons (Fsp3) is 0.636. The maximum Gasteiger partial charge on any atom is 0.149 e. The van der Waals surface area contributed by atoms with Crippen molar-refractivity contribution in [2.75, 3.05) is 0 Å². The quantitative estimate of drug-likeness (QED) is 0.903. The molecular formula is C11H15BrO2. The number of furan rings is 1. The molecule has 0 bridgehead atoms. The number of hydrogen-bond acceptors (Lipinski definition) is 2. The lowest BCUT2D eigenvalue weighted by Gasteiger charge is -2.25. The third kappa shape index (κ3) is 1.43. The zero-order valence-corrected chi connectivity index (χ0v) is 10.0. The van der Waals surface area contributed by atoms with Crippen LogP contribution in [-0.4, -0.2) is 5.11 Å². The van der Waals surface area contributed by atoms with Crippen LogP contribution in [0.1, 0.15) is 32.4 Å². The van der Waals surface area contributed by atoms with Crippen LogP contribution in [0.5, 0.6) is 0 Å². The summed E-state index contributed by atoms with van der Waals surface area (Å²) < 4.78 is 6.25. The maximum absolute atomic E-state index is 10.5. The van der Waals surface area contributed by atoms with Crippen molar-refractivity contribution in [3.63, 3.8) is 0 Å². The molecule has 1 aromatic rings. The molecule has 0 aromatic carbocycles. The standard InChI is InChI=1S/C11H15BrO2/c1-3-11(13,8-6-7(8)2)10-9(12)4-5-14-10/h4-5,7-8,13H,3,6H2,1-2H3. The van der Waals surface area contributed by atoms with Gasteiger partial charge in [0.2, 0.25) is 0 Å². The molecule has 14 heavy (non-hydrogen) atoms. The van der Waals surface area contributed by atoms with E-state index >= 15 is 0 Å². The minimum Gasteiger partial charge on any atom is -0.465 e. The first-order valence-electron chi connectivity index (χ1n) is 5.05. The van der Waals surface area contributed by atoms with Crippen LogP contribution in [-0.2, 0) is 5.60 Å². The van der Waals surface area contributed by atoms with Gasteiger partial charge in [-0.3, -0.25) is 0 Å². The SMILES string of the molecule is CCC(O)(c1occc1Br)C1CC1C. The Kier molecular flexibility index (Phi) is 2.48. The highest BCUT2D eigenvalue weighted by Crippen LogP contribution is 2.53. The molecule has 3 unspecified atom stereocenters. The van der Waals surface area contributed by atoms with Crippen molar-refractivity contribution in [2.24, 2.45) is 11.8 Å². The first-order chi connectivity index (χ1) is 6.59. The predicted molar refractivity (Wildman–Crippen MR) is 57.9 cm³/mol. The average molecular weight is 259 g/mol. The summed E-state index contributed by atoms with van der Waals surface area (Å²) in [6.45, 7) is 4.17. The van der Waals surface area contributed by atoms with Crippen LogP contribution in [0.3, 0.4) is 0 Å². The van der Waals surface area contributed by atoms with Crippen LogP contribution in [0.25, 0.3) is 0 Å². The van der Waals surface area contributed by atoms with Crippen molar-refractivity contribution >= 4 is 15.9 Å². The molecule has 0 radical (unpaired) electrons. The van der Waals surface area contributed by atoms with E-state index in [-0.39, 0.29) is 0 Å². The highest BCUT2D eigenvalue weighted by molar-refractivity contribution is 9.10. The Bertz CT molecular complexity index is 334. The molecule has 1 saturated carbocycles. The molecule has 0 aliphatic heterocycles. The number of halogens is 1. The Hall–Kier alpha value is -0.280. The van der Waals surface area contributed by atoms with Gasteiger partial charge in [-0.1, -0.05) is 13.8 Å². The summed E-state index contributed by atoms with van der Waals surface area (Å²) in [4.78, 5) is 0. The Morgan fingerprint density at radius 3 is 2.71 bits per heavy atom. The van der Waals surface area contributed by atoms with E-state index in [4.69, 9.17) is 4.42 Å². The molecule has 1 aliphatic rings. The van der Waals surface area contributed by atoms with E-state index in [2.05, 4.69) is 22.9 Å². The Morgan fingerprint density at radius 2 is 2.36 bits per heavy atom. The van der Waals surface area contributed by atoms with Crippen molar-refractivity contribution in [3.05, 3.63) is 22.6 Å². The van der Waals surface area contributed by atoms with Crippen LogP contribution in [0.15, 0.2) is 21.2 Å². The number of hydrogen-bond donors (Lipinski definition) is 1. The van der Waals surface area contributed by atoms with Crippen LogP contribution in [0.4, 0.5) is 0 Å². The lowest BCUT2D eigenvalue weighted by Crippen LogP contribution is -2.28. The molecule has 2 rings (SSSR count). The van der Waals surface area contributed by atoms with Gasteiger partial charge in [0.15, 0.2) is 0 Å². The molecule has 78 valence electrons. The summed E-state index contributed by atoms with van der Waals surface area (Å²) in [5.41, 5.74) is -0.776. The van der Waals surface area contributed by atoms with E-state index in [1.54, 1.807) is 6.26 Å². The minimum absolute atomic E-state index is 0.356. The van der Waals surface area contributed by atoms with E-state index in [0.29, 0.717) is 24.0 Å². The first kappa shape index (κ1) is 10.2. The van der Waals surface area contributed by atoms with Crippen LogP contribution in [0.2, 0.25) is 0 Å². The molecule has 0 amide bonds. The summed E-state index contributed by atoms with van der Waals surface area (Å²) in [5.74, 6) is 1.65. The summed E-state index contributed by atoms with van der Waals surface area (Å²) >= 11 is 3.41. The molecular weight excluding hydrogens is 244 g/mol. The molecule has 1 N–H and O–H groups in total. The van der Waals surface area contributed by atoms with Gasteiger partial charge in [0.25, 0.3) is 0 Å². The molecule has 0 saturated heterocycles. The fourth-order valence-corrected chi connectivity index (χ4v) is 2.73. The molecule has 3 atom stereocenters. The number of rotatable bonds is 3. The monoisotopic (exact) mass is 258 g/mol. The Labute approximate surface area is 92.4 Å². The second kappa shape index (κ2) is 3.38. The van der Waals surface area contributed by atoms with E-state index in [1.807, 2.05) is 13.0 Å². The van der Waals surface area contributed by atoms with E-state index in [0.717, 1.165) is 10.9 Å². The third-order valence-electron chi connectivity index (χ3n) is 3.27. The van der Waals surface area contributed by atoms with Gasteiger partial charge in [-0.05, 0) is 46.7 Å². The van der Waals surface area contributed by atoms with Gasteiger partial charge in [-0.15, -0.1) is 0 Å². The zero-order valence-electron chi connectivity index (χ0n) is 8.46. The predicted octanol–water partition coefficient (Wildman–Crippen LogP) is 3.30.